The van der Waals surface area contributed by atoms with Gasteiger partial charge in [-0.3, -0.25) is 0 Å². The zero-order valence-corrected chi connectivity index (χ0v) is 27.7. The second-order valence-corrected chi connectivity index (χ2v) is 14.6. The average molecular weight is 1000 g/mol. The molecule has 11 heteroatoms. The van der Waals surface area contributed by atoms with Gasteiger partial charge in [-0.15, -0.1) is 0 Å². The molecule has 1 aliphatic carbocycles. The van der Waals surface area contributed by atoms with Crippen LogP contribution in [0.5, 0.6) is 11.5 Å². The van der Waals surface area contributed by atoms with E-state index in [1.54, 1.807) is 12.1 Å². The molecular weight excluding hydrogens is 987 g/mol. The Kier molecular flexibility index (Phi) is 10.5. The summed E-state index contributed by atoms with van der Waals surface area (Å²) in [6.45, 7) is 1.33. The smallest absolute Gasteiger partial charge is 0.146 e. The molecule has 0 heterocycles. The molecule has 0 unspecified atom stereocenters. The standard InChI is InChI=1S/C20H19I5O5S/c21-13-5-15(22)19(16(23)6-13)30-10-12-3-1-11(2-4-12)9-29-14-7-17(24)20(18(25)8-14)31(26,27)28/h5-8,11-12H,1-4,9-10H2,(H,26,27,28)/p-1. The van der Waals surface area contributed by atoms with Crippen molar-refractivity contribution < 1.29 is 22.4 Å². The highest BCUT2D eigenvalue weighted by Gasteiger charge is 2.23. The topological polar surface area (TPSA) is 75.7 Å². The molecular formula is C20H18I5O5S-. The largest absolute Gasteiger partial charge is 0.744 e. The number of ether oxygens (including phenoxy) is 2. The van der Waals surface area contributed by atoms with Crippen LogP contribution in [-0.4, -0.2) is 26.2 Å². The van der Waals surface area contributed by atoms with Crippen molar-refractivity contribution in [3.8, 4) is 11.5 Å². The number of rotatable bonds is 7. The van der Waals surface area contributed by atoms with E-state index in [-0.39, 0.29) is 4.90 Å². The van der Waals surface area contributed by atoms with E-state index in [4.69, 9.17) is 9.47 Å². The van der Waals surface area contributed by atoms with E-state index < -0.39 is 10.1 Å². The summed E-state index contributed by atoms with van der Waals surface area (Å²) >= 11 is 10.7. The van der Waals surface area contributed by atoms with E-state index in [1.165, 1.54) is 3.57 Å². The first-order valence-electron chi connectivity index (χ1n) is 9.39. The number of hydrogen-bond acceptors (Lipinski definition) is 5. The maximum absolute atomic E-state index is 11.4. The predicted molar refractivity (Wildman–Crippen MR) is 161 cm³/mol. The Morgan fingerprint density at radius 2 is 1.23 bits per heavy atom. The zero-order valence-electron chi connectivity index (χ0n) is 16.0. The summed E-state index contributed by atoms with van der Waals surface area (Å²) in [4.78, 5) is -0.168. The fraction of sp³-hybridized carbons (Fsp3) is 0.400. The molecule has 0 spiro atoms. The molecule has 170 valence electrons. The van der Waals surface area contributed by atoms with E-state index in [2.05, 4.69) is 79.9 Å². The minimum atomic E-state index is -4.49. The summed E-state index contributed by atoms with van der Waals surface area (Å²) < 4.78 is 50.6. The van der Waals surface area contributed by atoms with Gasteiger partial charge in [-0.2, -0.15) is 0 Å². The second-order valence-electron chi connectivity index (χ2n) is 7.38. The highest BCUT2D eigenvalue weighted by molar-refractivity contribution is 14.1. The van der Waals surface area contributed by atoms with Crippen molar-refractivity contribution in [2.75, 3.05) is 13.2 Å². The minimum Gasteiger partial charge on any atom is -0.744 e. The van der Waals surface area contributed by atoms with Gasteiger partial charge in [0.1, 0.15) is 21.6 Å². The molecule has 2 aromatic rings. The van der Waals surface area contributed by atoms with Gasteiger partial charge in [0.15, 0.2) is 0 Å². The lowest BCUT2D eigenvalue weighted by Crippen LogP contribution is -2.24. The quantitative estimate of drug-likeness (QED) is 0.224. The first kappa shape index (κ1) is 27.2. The lowest BCUT2D eigenvalue weighted by molar-refractivity contribution is 0.147. The molecule has 0 saturated heterocycles. The summed E-state index contributed by atoms with van der Waals surface area (Å²) in [5, 5.41) is 0. The number of halogens is 5. The third kappa shape index (κ3) is 7.79. The SMILES string of the molecule is O=S(=O)([O-])c1c(I)cc(OCC2CCC(COc3c(I)cc(I)cc3I)CC2)cc1I. The van der Waals surface area contributed by atoms with Crippen molar-refractivity contribution in [2.45, 2.75) is 30.6 Å². The molecule has 0 amide bonds. The molecule has 31 heavy (non-hydrogen) atoms. The summed E-state index contributed by atoms with van der Waals surface area (Å²) in [6, 6.07) is 7.51. The van der Waals surface area contributed by atoms with Crippen LogP contribution in [0.1, 0.15) is 25.7 Å². The van der Waals surface area contributed by atoms with Crippen LogP contribution >= 0.6 is 113 Å². The molecule has 3 rings (SSSR count). The summed E-state index contributed by atoms with van der Waals surface area (Å²) in [7, 11) is -4.49. The lowest BCUT2D eigenvalue weighted by atomic mass is 9.83. The fourth-order valence-corrected chi connectivity index (χ4v) is 11.3. The van der Waals surface area contributed by atoms with E-state index in [0.29, 0.717) is 31.3 Å². The van der Waals surface area contributed by atoms with Gasteiger partial charge in [-0.05, 0) is 175 Å². The van der Waals surface area contributed by atoms with E-state index in [0.717, 1.165) is 45.2 Å². The molecule has 0 N–H and O–H groups in total. The van der Waals surface area contributed by atoms with Crippen molar-refractivity contribution >= 4 is 123 Å². The third-order valence-corrected chi connectivity index (χ3v) is 10.7. The van der Waals surface area contributed by atoms with Gasteiger partial charge in [-0.25, -0.2) is 8.42 Å². The molecule has 0 aromatic heterocycles. The molecule has 1 saturated carbocycles. The van der Waals surface area contributed by atoms with Gasteiger partial charge in [0.05, 0.1) is 25.2 Å². The third-order valence-electron chi connectivity index (χ3n) is 5.10. The van der Waals surface area contributed by atoms with Crippen LogP contribution in [-0.2, 0) is 10.1 Å². The van der Waals surface area contributed by atoms with Crippen LogP contribution in [0.25, 0.3) is 0 Å². The zero-order chi connectivity index (χ0) is 22.8. The molecule has 0 bridgehead atoms. The first-order valence-corrected chi connectivity index (χ1v) is 16.2. The average Bonchev–Trinajstić information content (AvgIpc) is 2.64. The van der Waals surface area contributed by atoms with Gasteiger partial charge >= 0.3 is 0 Å². The Morgan fingerprint density at radius 3 is 1.68 bits per heavy atom. The van der Waals surface area contributed by atoms with E-state index in [1.807, 2.05) is 45.2 Å². The Labute approximate surface area is 251 Å². The number of hydrogen-bond donors (Lipinski definition) is 0. The fourth-order valence-electron chi connectivity index (χ4n) is 3.51. The predicted octanol–water partition coefficient (Wildman–Crippen LogP) is 6.88. The van der Waals surface area contributed by atoms with Gasteiger partial charge in [0.2, 0.25) is 0 Å². The lowest BCUT2D eigenvalue weighted by Gasteiger charge is -2.28. The highest BCUT2D eigenvalue weighted by atomic mass is 127. The van der Waals surface area contributed by atoms with Crippen LogP contribution < -0.4 is 9.47 Å². The Hall–Kier alpha value is 1.60. The van der Waals surface area contributed by atoms with Crippen LogP contribution in [0.4, 0.5) is 0 Å². The second kappa shape index (κ2) is 12.0. The van der Waals surface area contributed by atoms with Crippen LogP contribution in [0, 0.1) is 29.7 Å². The maximum atomic E-state index is 11.4. The van der Waals surface area contributed by atoms with Crippen molar-refractivity contribution in [2.24, 2.45) is 11.8 Å². The van der Waals surface area contributed by atoms with Crippen molar-refractivity contribution in [3.63, 3.8) is 0 Å². The molecule has 2 aromatic carbocycles. The highest BCUT2D eigenvalue weighted by Crippen LogP contribution is 2.34. The van der Waals surface area contributed by atoms with Crippen LogP contribution in [0.3, 0.4) is 0 Å². The maximum Gasteiger partial charge on any atom is 0.146 e. The first-order chi connectivity index (χ1) is 14.5. The van der Waals surface area contributed by atoms with Gasteiger partial charge in [0, 0.05) is 10.7 Å². The molecule has 0 atom stereocenters. The van der Waals surface area contributed by atoms with Gasteiger partial charge in [0.25, 0.3) is 0 Å². The Balaban J connectivity index is 1.49. The Bertz CT molecular complexity index is 1010. The van der Waals surface area contributed by atoms with Crippen molar-refractivity contribution in [1.82, 2.24) is 0 Å². The van der Waals surface area contributed by atoms with Crippen molar-refractivity contribution in [1.29, 1.82) is 0 Å². The van der Waals surface area contributed by atoms with E-state index in [9.17, 15) is 13.0 Å². The van der Waals surface area contributed by atoms with Crippen molar-refractivity contribution in [3.05, 3.63) is 42.1 Å². The number of benzene rings is 2. The van der Waals surface area contributed by atoms with Gasteiger partial charge in [-0.1, -0.05) is 0 Å². The molecule has 0 radical (unpaired) electrons. The monoisotopic (exact) mass is 1000 g/mol. The molecule has 1 aliphatic rings. The molecule has 5 nitrogen and oxygen atoms in total. The molecule has 0 aliphatic heterocycles. The summed E-state index contributed by atoms with van der Waals surface area (Å²) in [5.74, 6) is 2.60. The normalized spacial score (nSPS) is 19.3. The summed E-state index contributed by atoms with van der Waals surface area (Å²) in [6.07, 6.45) is 4.37. The Morgan fingerprint density at radius 1 is 0.774 bits per heavy atom. The van der Waals surface area contributed by atoms with Crippen LogP contribution in [0.2, 0.25) is 0 Å². The van der Waals surface area contributed by atoms with Gasteiger partial charge < -0.3 is 14.0 Å². The van der Waals surface area contributed by atoms with E-state index >= 15 is 0 Å². The summed E-state index contributed by atoms with van der Waals surface area (Å²) in [5.41, 5.74) is 0. The minimum absolute atomic E-state index is 0.168. The van der Waals surface area contributed by atoms with Crippen LogP contribution in [0.15, 0.2) is 29.2 Å². The molecule has 1 fully saturated rings.